The molecule has 0 aromatic heterocycles. The van der Waals surface area contributed by atoms with Crippen molar-refractivity contribution in [2.75, 3.05) is 5.32 Å². The number of hydrogen-bond acceptors (Lipinski definition) is 3. The first-order valence-electron chi connectivity index (χ1n) is 9.12. The van der Waals surface area contributed by atoms with Crippen molar-refractivity contribution in [1.82, 2.24) is 4.90 Å². The molecule has 0 fully saturated rings. The summed E-state index contributed by atoms with van der Waals surface area (Å²) in [6.45, 7) is 2.00. The van der Waals surface area contributed by atoms with Crippen molar-refractivity contribution in [3.05, 3.63) is 101 Å². The van der Waals surface area contributed by atoms with E-state index in [0.717, 1.165) is 16.8 Å². The number of aromatic carboxylic acids is 1. The third kappa shape index (κ3) is 3.11. The highest BCUT2D eigenvalue weighted by Gasteiger charge is 2.36. The largest absolute Gasteiger partial charge is 0.478 e. The van der Waals surface area contributed by atoms with Crippen LogP contribution < -0.4 is 5.32 Å². The second-order valence-corrected chi connectivity index (χ2v) is 6.82. The van der Waals surface area contributed by atoms with Crippen LogP contribution in [0.1, 0.15) is 51.0 Å². The maximum Gasteiger partial charge on any atom is 0.335 e. The fourth-order valence-corrected chi connectivity index (χ4v) is 3.61. The van der Waals surface area contributed by atoms with Gasteiger partial charge in [-0.25, -0.2) is 4.79 Å². The van der Waals surface area contributed by atoms with Crippen LogP contribution in [0.2, 0.25) is 0 Å². The van der Waals surface area contributed by atoms with Crippen LogP contribution >= 0.6 is 0 Å². The lowest BCUT2D eigenvalue weighted by Gasteiger charge is -2.42. The molecule has 0 aliphatic carbocycles. The molecule has 1 aliphatic heterocycles. The Morgan fingerprint density at radius 3 is 2.29 bits per heavy atom. The molecular formula is C23H20N2O3. The number of para-hydroxylation sites is 1. The number of benzene rings is 3. The molecule has 0 unspecified atom stereocenters. The zero-order valence-electron chi connectivity index (χ0n) is 15.4. The highest BCUT2D eigenvalue weighted by atomic mass is 16.4. The van der Waals surface area contributed by atoms with Gasteiger partial charge in [0.25, 0.3) is 5.91 Å². The average molecular weight is 372 g/mol. The van der Waals surface area contributed by atoms with Gasteiger partial charge in [-0.3, -0.25) is 4.79 Å². The Labute approximate surface area is 163 Å². The molecule has 0 saturated heterocycles. The number of rotatable bonds is 4. The van der Waals surface area contributed by atoms with Gasteiger partial charge in [-0.1, -0.05) is 54.6 Å². The fraction of sp³-hybridized carbons (Fsp3) is 0.130. The number of amides is 1. The van der Waals surface area contributed by atoms with Gasteiger partial charge in [0.2, 0.25) is 0 Å². The predicted octanol–water partition coefficient (Wildman–Crippen LogP) is 4.71. The third-order valence-corrected chi connectivity index (χ3v) is 5.13. The van der Waals surface area contributed by atoms with Crippen molar-refractivity contribution in [2.24, 2.45) is 0 Å². The van der Waals surface area contributed by atoms with Crippen LogP contribution in [0.5, 0.6) is 0 Å². The summed E-state index contributed by atoms with van der Waals surface area (Å²) in [5, 5.41) is 12.6. The Balaban J connectivity index is 1.79. The van der Waals surface area contributed by atoms with E-state index in [4.69, 9.17) is 5.11 Å². The van der Waals surface area contributed by atoms with Crippen molar-refractivity contribution < 1.29 is 14.7 Å². The Hall–Kier alpha value is -3.60. The van der Waals surface area contributed by atoms with Crippen LogP contribution in [0, 0.1) is 0 Å². The van der Waals surface area contributed by atoms with Gasteiger partial charge in [-0.05, 0) is 42.3 Å². The van der Waals surface area contributed by atoms with E-state index in [1.165, 1.54) is 0 Å². The summed E-state index contributed by atoms with van der Waals surface area (Å²) in [6.07, 6.45) is -0.402. The number of carbonyl (C=O) groups excluding carboxylic acids is 1. The summed E-state index contributed by atoms with van der Waals surface area (Å²) in [4.78, 5) is 26.4. The molecule has 3 aromatic rings. The minimum absolute atomic E-state index is 0.0574. The molecule has 0 radical (unpaired) electrons. The number of anilines is 1. The minimum Gasteiger partial charge on any atom is -0.478 e. The van der Waals surface area contributed by atoms with Gasteiger partial charge in [0.15, 0.2) is 0 Å². The molecule has 1 aliphatic rings. The standard InChI is InChI=1S/C23H20N2O3/c1-15(16-7-3-2-4-8-16)25-21(17-11-13-18(14-12-17)23(27)28)24-20-10-6-5-9-19(20)22(25)26/h2-15,21,24H,1H3,(H,27,28)/t15-,21-/m1/s1. The van der Waals surface area contributed by atoms with Crippen LogP contribution in [0.4, 0.5) is 5.69 Å². The summed E-state index contributed by atoms with van der Waals surface area (Å²) >= 11 is 0. The van der Waals surface area contributed by atoms with E-state index in [2.05, 4.69) is 5.32 Å². The SMILES string of the molecule is C[C@H](c1ccccc1)N1C(=O)c2ccccc2N[C@H]1c1ccc(C(=O)O)cc1. The molecule has 3 aromatic carbocycles. The van der Waals surface area contributed by atoms with E-state index in [0.29, 0.717) is 5.56 Å². The van der Waals surface area contributed by atoms with E-state index in [9.17, 15) is 9.59 Å². The number of carbonyl (C=O) groups is 2. The maximum absolute atomic E-state index is 13.4. The van der Waals surface area contributed by atoms with Crippen molar-refractivity contribution >= 4 is 17.6 Å². The fourth-order valence-electron chi connectivity index (χ4n) is 3.61. The Morgan fingerprint density at radius 2 is 1.61 bits per heavy atom. The van der Waals surface area contributed by atoms with E-state index >= 15 is 0 Å². The monoisotopic (exact) mass is 372 g/mol. The highest BCUT2D eigenvalue weighted by molar-refractivity contribution is 6.02. The Morgan fingerprint density at radius 1 is 0.964 bits per heavy atom. The molecule has 0 bridgehead atoms. The zero-order chi connectivity index (χ0) is 19.7. The van der Waals surface area contributed by atoms with Gasteiger partial charge >= 0.3 is 5.97 Å². The van der Waals surface area contributed by atoms with Crippen LogP contribution in [0.25, 0.3) is 0 Å². The molecular weight excluding hydrogens is 352 g/mol. The lowest BCUT2D eigenvalue weighted by atomic mass is 9.98. The zero-order valence-corrected chi connectivity index (χ0v) is 15.4. The lowest BCUT2D eigenvalue weighted by Crippen LogP contribution is -2.44. The summed E-state index contributed by atoms with van der Waals surface area (Å²) in [6, 6.07) is 23.8. The second-order valence-electron chi connectivity index (χ2n) is 6.82. The number of nitrogens with zero attached hydrogens (tertiary/aromatic N) is 1. The molecule has 28 heavy (non-hydrogen) atoms. The van der Waals surface area contributed by atoms with Crippen LogP contribution in [-0.2, 0) is 0 Å². The molecule has 0 spiro atoms. The molecule has 1 amide bonds. The average Bonchev–Trinajstić information content (AvgIpc) is 2.74. The van der Waals surface area contributed by atoms with Crippen molar-refractivity contribution in [3.8, 4) is 0 Å². The number of fused-ring (bicyclic) bond motifs is 1. The van der Waals surface area contributed by atoms with Gasteiger partial charge in [0.1, 0.15) is 6.17 Å². The first-order chi connectivity index (χ1) is 13.6. The number of carboxylic acid groups (broad SMARTS) is 1. The Kier molecular flexibility index (Phi) is 4.57. The normalized spacial score (nSPS) is 16.8. The topological polar surface area (TPSA) is 69.6 Å². The molecule has 5 nitrogen and oxygen atoms in total. The quantitative estimate of drug-likeness (QED) is 0.696. The molecule has 2 N–H and O–H groups in total. The third-order valence-electron chi connectivity index (χ3n) is 5.13. The lowest BCUT2D eigenvalue weighted by molar-refractivity contribution is 0.0595. The van der Waals surface area contributed by atoms with Gasteiger partial charge < -0.3 is 15.3 Å². The maximum atomic E-state index is 13.4. The Bertz CT molecular complexity index is 1020. The molecule has 140 valence electrons. The van der Waals surface area contributed by atoms with E-state index in [-0.39, 0.29) is 17.5 Å². The van der Waals surface area contributed by atoms with Crippen LogP contribution in [-0.4, -0.2) is 21.9 Å². The molecule has 0 saturated carbocycles. The summed E-state index contributed by atoms with van der Waals surface area (Å²) in [7, 11) is 0. The first kappa shape index (κ1) is 17.8. The molecule has 4 rings (SSSR count). The molecule has 1 heterocycles. The number of carboxylic acids is 1. The van der Waals surface area contributed by atoms with E-state index in [1.54, 1.807) is 24.3 Å². The van der Waals surface area contributed by atoms with Crippen LogP contribution in [0.15, 0.2) is 78.9 Å². The van der Waals surface area contributed by atoms with Gasteiger partial charge in [0.05, 0.1) is 17.2 Å². The summed E-state index contributed by atoms with van der Waals surface area (Å²) in [5.74, 6) is -1.03. The van der Waals surface area contributed by atoms with Gasteiger partial charge in [0, 0.05) is 5.69 Å². The van der Waals surface area contributed by atoms with Gasteiger partial charge in [-0.15, -0.1) is 0 Å². The first-order valence-corrected chi connectivity index (χ1v) is 9.12. The highest BCUT2D eigenvalue weighted by Crippen LogP contribution is 2.38. The molecule has 2 atom stereocenters. The second kappa shape index (κ2) is 7.19. The van der Waals surface area contributed by atoms with Crippen molar-refractivity contribution in [2.45, 2.75) is 19.1 Å². The summed E-state index contributed by atoms with van der Waals surface area (Å²) in [5.41, 5.74) is 3.48. The van der Waals surface area contributed by atoms with E-state index < -0.39 is 12.1 Å². The van der Waals surface area contributed by atoms with Crippen LogP contribution in [0.3, 0.4) is 0 Å². The smallest absolute Gasteiger partial charge is 0.335 e. The number of nitrogens with one attached hydrogen (secondary N) is 1. The van der Waals surface area contributed by atoms with Crippen molar-refractivity contribution in [3.63, 3.8) is 0 Å². The van der Waals surface area contributed by atoms with Crippen molar-refractivity contribution in [1.29, 1.82) is 0 Å². The molecule has 5 heteroatoms. The summed E-state index contributed by atoms with van der Waals surface area (Å²) < 4.78 is 0. The number of hydrogen-bond donors (Lipinski definition) is 2. The predicted molar refractivity (Wildman–Crippen MR) is 107 cm³/mol. The minimum atomic E-state index is -0.973. The van der Waals surface area contributed by atoms with E-state index in [1.807, 2.05) is 66.4 Å². The van der Waals surface area contributed by atoms with Gasteiger partial charge in [-0.2, -0.15) is 0 Å².